The number of likely N-dealkylation sites (N-methyl/N-ethyl adjacent to an activating group) is 1. The fourth-order valence-corrected chi connectivity index (χ4v) is 1.32. The number of benzene rings is 1. The first-order valence-electron chi connectivity index (χ1n) is 5.24. The summed E-state index contributed by atoms with van der Waals surface area (Å²) in [4.78, 5) is 16.5. The smallest absolute Gasteiger partial charge is 0.262 e. The molecule has 1 aromatic carbocycles. The predicted molar refractivity (Wildman–Crippen MR) is 62.5 cm³/mol. The lowest BCUT2D eigenvalue weighted by molar-refractivity contribution is -0.170. The number of nitrogens with one attached hydrogen (secondary N) is 1. The van der Waals surface area contributed by atoms with Crippen LogP contribution in [0.4, 0.5) is 0 Å². The van der Waals surface area contributed by atoms with Crippen molar-refractivity contribution in [1.29, 1.82) is 0 Å². The zero-order chi connectivity index (χ0) is 12.0. The topological polar surface area (TPSA) is 41.6 Å². The molecule has 0 heterocycles. The predicted octanol–water partition coefficient (Wildman–Crippen LogP) is 1.18. The second-order valence-corrected chi connectivity index (χ2v) is 3.61. The molecule has 0 bridgehead atoms. The Kier molecular flexibility index (Phi) is 4.95. The van der Waals surface area contributed by atoms with Crippen LogP contribution in [-0.4, -0.2) is 31.2 Å². The molecule has 0 radical (unpaired) electrons. The van der Waals surface area contributed by atoms with Crippen LogP contribution in [0.3, 0.4) is 0 Å². The number of carbonyl (C=O) groups is 1. The van der Waals surface area contributed by atoms with Crippen molar-refractivity contribution in [3.8, 4) is 0 Å². The van der Waals surface area contributed by atoms with E-state index in [4.69, 9.17) is 4.84 Å². The van der Waals surface area contributed by atoms with Gasteiger partial charge in [-0.05, 0) is 12.5 Å². The van der Waals surface area contributed by atoms with Gasteiger partial charge in [0.1, 0.15) is 0 Å². The zero-order valence-electron chi connectivity index (χ0n) is 9.93. The molecule has 88 valence electrons. The molecule has 1 rings (SSSR count). The van der Waals surface area contributed by atoms with Gasteiger partial charge in [-0.15, -0.1) is 0 Å². The summed E-state index contributed by atoms with van der Waals surface area (Å²) >= 11 is 0. The van der Waals surface area contributed by atoms with E-state index >= 15 is 0 Å². The van der Waals surface area contributed by atoms with Gasteiger partial charge in [-0.3, -0.25) is 9.63 Å². The maximum Gasteiger partial charge on any atom is 0.262 e. The third kappa shape index (κ3) is 3.64. The molecule has 0 saturated heterocycles. The molecule has 16 heavy (non-hydrogen) atoms. The highest BCUT2D eigenvalue weighted by molar-refractivity contribution is 5.80. The van der Waals surface area contributed by atoms with Gasteiger partial charge < -0.3 is 5.32 Å². The molecule has 0 aromatic heterocycles. The number of hydrogen-bond donors (Lipinski definition) is 1. The fraction of sp³-hybridized carbons (Fsp3) is 0.417. The summed E-state index contributed by atoms with van der Waals surface area (Å²) in [5.41, 5.74) is 1.15. The first kappa shape index (κ1) is 12.7. The van der Waals surface area contributed by atoms with E-state index in [2.05, 4.69) is 5.32 Å². The summed E-state index contributed by atoms with van der Waals surface area (Å²) in [7, 11) is 3.07. The van der Waals surface area contributed by atoms with Crippen molar-refractivity contribution in [2.24, 2.45) is 0 Å². The average Bonchev–Trinajstić information content (AvgIpc) is 2.35. The third-order valence-electron chi connectivity index (χ3n) is 2.41. The molecule has 4 heteroatoms. The lowest BCUT2D eigenvalue weighted by Gasteiger charge is -2.19. The second-order valence-electron chi connectivity index (χ2n) is 3.61. The minimum atomic E-state index is -0.259. The molecular weight excluding hydrogens is 204 g/mol. The number of carbonyl (C=O) groups excluding carboxylic acids is 1. The number of amides is 1. The summed E-state index contributed by atoms with van der Waals surface area (Å²) in [6.07, 6.45) is 0. The first-order chi connectivity index (χ1) is 7.65. The van der Waals surface area contributed by atoms with Gasteiger partial charge in [0, 0.05) is 13.6 Å². The Balaban J connectivity index is 2.41. The Labute approximate surface area is 96.2 Å². The summed E-state index contributed by atoms with van der Waals surface area (Å²) in [6.45, 7) is 2.49. The molecule has 0 aliphatic heterocycles. The Bertz CT molecular complexity index is 327. The highest BCUT2D eigenvalue weighted by atomic mass is 16.7. The van der Waals surface area contributed by atoms with Crippen LogP contribution >= 0.6 is 0 Å². The lowest BCUT2D eigenvalue weighted by atomic mass is 10.2. The number of rotatable bonds is 5. The van der Waals surface area contributed by atoms with Crippen molar-refractivity contribution in [2.45, 2.75) is 19.5 Å². The molecule has 1 atom stereocenters. The van der Waals surface area contributed by atoms with Gasteiger partial charge in [-0.25, -0.2) is 5.06 Å². The van der Waals surface area contributed by atoms with Crippen LogP contribution in [0.5, 0.6) is 0 Å². The standard InChI is InChI=1S/C12H18N2O2/c1-10(12(15)14(2)16-3)13-9-11-7-5-4-6-8-11/h4-8,10,13H,9H2,1-3H3/t10-/m0/s1. The molecule has 4 nitrogen and oxygen atoms in total. The molecule has 1 amide bonds. The van der Waals surface area contributed by atoms with E-state index in [9.17, 15) is 4.79 Å². The van der Waals surface area contributed by atoms with E-state index < -0.39 is 0 Å². The molecular formula is C12H18N2O2. The van der Waals surface area contributed by atoms with Gasteiger partial charge in [-0.1, -0.05) is 30.3 Å². The highest BCUT2D eigenvalue weighted by Crippen LogP contribution is 1.99. The monoisotopic (exact) mass is 222 g/mol. The van der Waals surface area contributed by atoms with Crippen molar-refractivity contribution >= 4 is 5.91 Å². The summed E-state index contributed by atoms with van der Waals surface area (Å²) in [5.74, 6) is -0.0848. The molecule has 0 unspecified atom stereocenters. The molecule has 0 fully saturated rings. The minimum absolute atomic E-state index is 0.0848. The quantitative estimate of drug-likeness (QED) is 0.761. The Morgan fingerprint density at radius 3 is 2.62 bits per heavy atom. The van der Waals surface area contributed by atoms with E-state index in [1.54, 1.807) is 7.05 Å². The molecule has 0 spiro atoms. The van der Waals surface area contributed by atoms with Crippen molar-refractivity contribution in [2.75, 3.05) is 14.2 Å². The second kappa shape index (κ2) is 6.25. The molecule has 1 aromatic rings. The Morgan fingerprint density at radius 2 is 2.06 bits per heavy atom. The summed E-state index contributed by atoms with van der Waals surface area (Å²) in [6, 6.07) is 9.70. The number of hydrogen-bond acceptors (Lipinski definition) is 3. The lowest BCUT2D eigenvalue weighted by Crippen LogP contribution is -2.42. The maximum atomic E-state index is 11.6. The van der Waals surface area contributed by atoms with Gasteiger partial charge >= 0.3 is 0 Å². The van der Waals surface area contributed by atoms with Crippen LogP contribution in [0.25, 0.3) is 0 Å². The van der Waals surface area contributed by atoms with Crippen LogP contribution in [0.2, 0.25) is 0 Å². The molecule has 1 N–H and O–H groups in total. The molecule has 0 aliphatic rings. The van der Waals surface area contributed by atoms with Crippen LogP contribution in [0, 0.1) is 0 Å². The Hall–Kier alpha value is -1.39. The van der Waals surface area contributed by atoms with Crippen molar-refractivity contribution in [3.63, 3.8) is 0 Å². The van der Waals surface area contributed by atoms with Crippen LogP contribution < -0.4 is 5.32 Å². The Morgan fingerprint density at radius 1 is 1.44 bits per heavy atom. The van der Waals surface area contributed by atoms with E-state index in [1.165, 1.54) is 12.2 Å². The van der Waals surface area contributed by atoms with Crippen LogP contribution in [0.1, 0.15) is 12.5 Å². The van der Waals surface area contributed by atoms with E-state index in [-0.39, 0.29) is 11.9 Å². The fourth-order valence-electron chi connectivity index (χ4n) is 1.32. The van der Waals surface area contributed by atoms with E-state index in [0.29, 0.717) is 6.54 Å². The van der Waals surface area contributed by atoms with Crippen molar-refractivity contribution < 1.29 is 9.63 Å². The number of nitrogens with zero attached hydrogens (tertiary/aromatic N) is 1. The summed E-state index contributed by atoms with van der Waals surface area (Å²) < 4.78 is 0. The van der Waals surface area contributed by atoms with Gasteiger partial charge in [0.05, 0.1) is 13.2 Å². The third-order valence-corrected chi connectivity index (χ3v) is 2.41. The number of hydroxylamine groups is 2. The normalized spacial score (nSPS) is 12.2. The van der Waals surface area contributed by atoms with Crippen LogP contribution in [0.15, 0.2) is 30.3 Å². The molecule has 0 saturated carbocycles. The SMILES string of the molecule is CON(C)C(=O)[C@H](C)NCc1ccccc1. The van der Waals surface area contributed by atoms with Gasteiger partial charge in [-0.2, -0.15) is 0 Å². The largest absolute Gasteiger partial charge is 0.302 e. The van der Waals surface area contributed by atoms with E-state index in [1.807, 2.05) is 37.3 Å². The van der Waals surface area contributed by atoms with Gasteiger partial charge in [0.25, 0.3) is 5.91 Å². The van der Waals surface area contributed by atoms with Crippen molar-refractivity contribution in [1.82, 2.24) is 10.4 Å². The van der Waals surface area contributed by atoms with Crippen molar-refractivity contribution in [3.05, 3.63) is 35.9 Å². The summed E-state index contributed by atoms with van der Waals surface area (Å²) in [5, 5.41) is 4.37. The maximum absolute atomic E-state index is 11.6. The van der Waals surface area contributed by atoms with E-state index in [0.717, 1.165) is 5.56 Å². The average molecular weight is 222 g/mol. The minimum Gasteiger partial charge on any atom is -0.302 e. The van der Waals surface area contributed by atoms with Gasteiger partial charge in [0.15, 0.2) is 0 Å². The first-order valence-corrected chi connectivity index (χ1v) is 5.24. The van der Waals surface area contributed by atoms with Gasteiger partial charge in [0.2, 0.25) is 0 Å². The molecule has 0 aliphatic carbocycles. The zero-order valence-corrected chi connectivity index (χ0v) is 9.93. The van der Waals surface area contributed by atoms with Crippen LogP contribution in [-0.2, 0) is 16.2 Å². The highest BCUT2D eigenvalue weighted by Gasteiger charge is 2.16.